The van der Waals surface area contributed by atoms with Gasteiger partial charge in [0.05, 0.1) is 18.1 Å². The third kappa shape index (κ3) is 2.87. The molecular weight excluding hydrogens is 360 g/mol. The molecule has 0 radical (unpaired) electrons. The van der Waals surface area contributed by atoms with Gasteiger partial charge in [-0.2, -0.15) is 5.10 Å². The molecule has 1 aliphatic carbocycles. The summed E-state index contributed by atoms with van der Waals surface area (Å²) in [7, 11) is 0. The number of halogens is 1. The van der Waals surface area contributed by atoms with Crippen molar-refractivity contribution in [1.29, 1.82) is 0 Å². The molecule has 122 valence electrons. The fourth-order valence-corrected chi connectivity index (χ4v) is 3.82. The van der Waals surface area contributed by atoms with Gasteiger partial charge in [-0.15, -0.1) is 0 Å². The largest absolute Gasteiger partial charge is 0.376 e. The second-order valence-electron chi connectivity index (χ2n) is 6.66. The fraction of sp³-hybridized carbons (Fsp3) is 0.562. The van der Waals surface area contributed by atoms with E-state index in [2.05, 4.69) is 36.4 Å². The number of fused-ring (bicyclic) bond motifs is 1. The Bertz CT molecular complexity index is 731. The van der Waals surface area contributed by atoms with Crippen LogP contribution in [0.25, 0.3) is 11.0 Å². The number of aromatic nitrogens is 3. The van der Waals surface area contributed by atoms with Crippen LogP contribution >= 0.6 is 15.9 Å². The fourth-order valence-electron chi connectivity index (χ4n) is 3.49. The van der Waals surface area contributed by atoms with Crippen LogP contribution in [0.3, 0.4) is 0 Å². The van der Waals surface area contributed by atoms with Crippen molar-refractivity contribution < 1.29 is 9.53 Å². The number of rotatable bonds is 3. The Morgan fingerprint density at radius 2 is 2.35 bits per heavy atom. The summed E-state index contributed by atoms with van der Waals surface area (Å²) in [4.78, 5) is 16.6. The summed E-state index contributed by atoms with van der Waals surface area (Å²) in [6.07, 6.45) is 7.96. The topological polar surface area (TPSA) is 79.9 Å². The van der Waals surface area contributed by atoms with Crippen LogP contribution in [0.1, 0.15) is 42.6 Å². The molecule has 0 aromatic carbocycles. The third-order valence-electron chi connectivity index (χ3n) is 5.13. The molecule has 1 unspecified atom stereocenters. The number of carbonyl (C=O) groups is 1. The van der Waals surface area contributed by atoms with Gasteiger partial charge < -0.3 is 10.1 Å². The summed E-state index contributed by atoms with van der Waals surface area (Å²) in [5, 5.41) is 10.5. The molecule has 1 amide bonds. The van der Waals surface area contributed by atoms with E-state index in [0.29, 0.717) is 23.3 Å². The number of nitrogens with zero attached hydrogens (tertiary/aromatic N) is 2. The summed E-state index contributed by atoms with van der Waals surface area (Å²) < 4.78 is 6.77. The molecule has 7 heteroatoms. The maximum absolute atomic E-state index is 12.4. The Kier molecular flexibility index (Phi) is 3.85. The minimum Gasteiger partial charge on any atom is -0.376 e. The zero-order chi connectivity index (χ0) is 15.9. The number of aromatic amines is 1. The number of amides is 1. The lowest BCUT2D eigenvalue weighted by Crippen LogP contribution is -2.44. The van der Waals surface area contributed by atoms with E-state index in [0.717, 1.165) is 22.9 Å². The van der Waals surface area contributed by atoms with Gasteiger partial charge in [0.1, 0.15) is 5.69 Å². The van der Waals surface area contributed by atoms with Crippen molar-refractivity contribution >= 4 is 32.9 Å². The standard InChI is InChI=1S/C16H19BrN4O2/c17-10-6-12-13(20-21-14(12)18-7-10)15(22)19-8-11-2-5-16(9-23-11)3-1-4-16/h6-7,11H,1-5,8-9H2,(H,19,22)(H,18,20,21). The van der Waals surface area contributed by atoms with E-state index < -0.39 is 0 Å². The Hall–Kier alpha value is -1.47. The predicted molar refractivity (Wildman–Crippen MR) is 89.2 cm³/mol. The summed E-state index contributed by atoms with van der Waals surface area (Å²) in [5.74, 6) is -0.167. The predicted octanol–water partition coefficient (Wildman–Crippen LogP) is 2.80. The zero-order valence-electron chi connectivity index (χ0n) is 12.8. The minimum absolute atomic E-state index is 0.115. The maximum Gasteiger partial charge on any atom is 0.270 e. The van der Waals surface area contributed by atoms with E-state index in [9.17, 15) is 4.79 Å². The zero-order valence-corrected chi connectivity index (χ0v) is 14.4. The molecule has 4 rings (SSSR count). The number of carbonyl (C=O) groups excluding carboxylic acids is 1. The van der Waals surface area contributed by atoms with Crippen LogP contribution in [0.4, 0.5) is 0 Å². The Morgan fingerprint density at radius 1 is 1.48 bits per heavy atom. The molecule has 2 N–H and O–H groups in total. The Morgan fingerprint density at radius 3 is 3.04 bits per heavy atom. The van der Waals surface area contributed by atoms with E-state index in [1.54, 1.807) is 6.20 Å². The van der Waals surface area contributed by atoms with Crippen molar-refractivity contribution in [3.63, 3.8) is 0 Å². The van der Waals surface area contributed by atoms with Crippen LogP contribution in [0.2, 0.25) is 0 Å². The van der Waals surface area contributed by atoms with E-state index in [1.165, 1.54) is 25.7 Å². The van der Waals surface area contributed by atoms with E-state index in [-0.39, 0.29) is 12.0 Å². The molecule has 3 heterocycles. The van der Waals surface area contributed by atoms with Crippen molar-refractivity contribution in [3.8, 4) is 0 Å². The third-order valence-corrected chi connectivity index (χ3v) is 5.56. The first kappa shape index (κ1) is 15.1. The normalized spacial score (nSPS) is 22.9. The van der Waals surface area contributed by atoms with Crippen molar-refractivity contribution in [3.05, 3.63) is 22.4 Å². The van der Waals surface area contributed by atoms with Crippen LogP contribution in [0, 0.1) is 5.41 Å². The quantitative estimate of drug-likeness (QED) is 0.860. The second kappa shape index (κ2) is 5.87. The maximum atomic E-state index is 12.4. The molecule has 6 nitrogen and oxygen atoms in total. The lowest BCUT2D eigenvalue weighted by molar-refractivity contribution is -0.0939. The number of hydrogen-bond acceptors (Lipinski definition) is 4. The van der Waals surface area contributed by atoms with Gasteiger partial charge in [0.2, 0.25) is 0 Å². The smallest absolute Gasteiger partial charge is 0.270 e. The van der Waals surface area contributed by atoms with Gasteiger partial charge in [0.25, 0.3) is 5.91 Å². The van der Waals surface area contributed by atoms with Crippen molar-refractivity contribution in [2.45, 2.75) is 38.2 Å². The summed E-state index contributed by atoms with van der Waals surface area (Å²) >= 11 is 3.37. The molecule has 1 aliphatic heterocycles. The monoisotopic (exact) mass is 378 g/mol. The highest BCUT2D eigenvalue weighted by Gasteiger charge is 2.40. The molecule has 2 aliphatic rings. The lowest BCUT2D eigenvalue weighted by Gasteiger charge is -2.46. The molecule has 2 fully saturated rings. The van der Waals surface area contributed by atoms with Gasteiger partial charge >= 0.3 is 0 Å². The molecule has 0 bridgehead atoms. The Labute approximate surface area is 142 Å². The van der Waals surface area contributed by atoms with E-state index >= 15 is 0 Å². The number of ether oxygens (including phenoxy) is 1. The van der Waals surface area contributed by atoms with Gasteiger partial charge in [0.15, 0.2) is 5.65 Å². The minimum atomic E-state index is -0.167. The Balaban J connectivity index is 1.37. The first-order chi connectivity index (χ1) is 11.2. The summed E-state index contributed by atoms with van der Waals surface area (Å²) in [6, 6.07) is 1.85. The van der Waals surface area contributed by atoms with Gasteiger partial charge in [-0.1, -0.05) is 6.42 Å². The molecule has 1 spiro atoms. The van der Waals surface area contributed by atoms with Crippen LogP contribution < -0.4 is 5.32 Å². The van der Waals surface area contributed by atoms with Crippen molar-refractivity contribution in [2.24, 2.45) is 5.41 Å². The number of H-pyrrole nitrogens is 1. The van der Waals surface area contributed by atoms with Crippen LogP contribution in [0.15, 0.2) is 16.7 Å². The highest BCUT2D eigenvalue weighted by atomic mass is 79.9. The van der Waals surface area contributed by atoms with Crippen LogP contribution in [-0.4, -0.2) is 40.3 Å². The first-order valence-corrected chi connectivity index (χ1v) is 8.84. The summed E-state index contributed by atoms with van der Waals surface area (Å²) in [6.45, 7) is 1.38. The highest BCUT2D eigenvalue weighted by molar-refractivity contribution is 9.10. The molecule has 2 aromatic heterocycles. The molecular formula is C16H19BrN4O2. The molecule has 1 saturated carbocycles. The van der Waals surface area contributed by atoms with E-state index in [1.807, 2.05) is 6.07 Å². The van der Waals surface area contributed by atoms with Crippen LogP contribution in [-0.2, 0) is 4.74 Å². The average Bonchev–Trinajstić information content (AvgIpc) is 2.94. The number of hydrogen-bond donors (Lipinski definition) is 2. The molecule has 23 heavy (non-hydrogen) atoms. The molecule has 1 atom stereocenters. The van der Waals surface area contributed by atoms with E-state index in [4.69, 9.17) is 4.74 Å². The van der Waals surface area contributed by atoms with Gasteiger partial charge in [-0.25, -0.2) is 4.98 Å². The van der Waals surface area contributed by atoms with Crippen LogP contribution in [0.5, 0.6) is 0 Å². The molecule has 2 aromatic rings. The number of pyridine rings is 1. The SMILES string of the molecule is O=C(NCC1CCC2(CCC2)CO1)c1[nH]nc2ncc(Br)cc12. The van der Waals surface area contributed by atoms with Gasteiger partial charge in [-0.3, -0.25) is 9.89 Å². The molecule has 1 saturated heterocycles. The second-order valence-corrected chi connectivity index (χ2v) is 7.57. The van der Waals surface area contributed by atoms with Crippen molar-refractivity contribution in [2.75, 3.05) is 13.2 Å². The van der Waals surface area contributed by atoms with Gasteiger partial charge in [0, 0.05) is 17.2 Å². The van der Waals surface area contributed by atoms with Gasteiger partial charge in [-0.05, 0) is 53.1 Å². The average molecular weight is 379 g/mol. The lowest BCUT2D eigenvalue weighted by atomic mass is 9.65. The number of nitrogens with one attached hydrogen (secondary N) is 2. The summed E-state index contributed by atoms with van der Waals surface area (Å²) in [5.41, 5.74) is 1.44. The first-order valence-electron chi connectivity index (χ1n) is 8.05. The van der Waals surface area contributed by atoms with Crippen molar-refractivity contribution in [1.82, 2.24) is 20.5 Å². The highest BCUT2D eigenvalue weighted by Crippen LogP contribution is 2.47.